The molecule has 0 saturated carbocycles. The minimum absolute atomic E-state index is 0.417. The summed E-state index contributed by atoms with van der Waals surface area (Å²) in [5, 5.41) is 6.85. The quantitative estimate of drug-likeness (QED) is 0.654. The zero-order chi connectivity index (χ0) is 18.7. The van der Waals surface area contributed by atoms with Crippen LogP contribution >= 0.6 is 0 Å². The summed E-state index contributed by atoms with van der Waals surface area (Å²) < 4.78 is 10.7. The topological polar surface area (TPSA) is 34.1 Å². The van der Waals surface area contributed by atoms with Gasteiger partial charge < -0.3 is 9.47 Å². The number of rotatable bonds is 5. The van der Waals surface area contributed by atoms with Crippen molar-refractivity contribution in [2.24, 2.45) is 5.10 Å². The zero-order valence-corrected chi connectivity index (χ0v) is 15.5. The van der Waals surface area contributed by atoms with Crippen LogP contribution in [0.25, 0.3) is 0 Å². The molecule has 1 aliphatic heterocycles. The summed E-state index contributed by atoms with van der Waals surface area (Å²) in [6.07, 6.45) is 2.77. The van der Waals surface area contributed by atoms with Crippen molar-refractivity contribution in [2.75, 3.05) is 19.2 Å². The summed E-state index contributed by atoms with van der Waals surface area (Å²) >= 11 is 0. The van der Waals surface area contributed by atoms with Crippen LogP contribution in [0.2, 0.25) is 0 Å². The molecule has 0 amide bonds. The van der Waals surface area contributed by atoms with E-state index in [1.165, 1.54) is 0 Å². The Bertz CT molecular complexity index is 871. The first-order valence-electron chi connectivity index (χ1n) is 8.95. The van der Waals surface area contributed by atoms with Crippen LogP contribution in [0.15, 0.2) is 84.0 Å². The Morgan fingerprint density at radius 3 is 1.74 bits per heavy atom. The number of hydrogen-bond donors (Lipinski definition) is 0. The molecule has 0 spiro atoms. The largest absolute Gasteiger partial charge is 0.497 e. The van der Waals surface area contributed by atoms with E-state index in [2.05, 4.69) is 41.4 Å². The predicted molar refractivity (Wildman–Crippen MR) is 109 cm³/mol. The van der Waals surface area contributed by atoms with E-state index in [9.17, 15) is 0 Å². The molecule has 3 aromatic carbocycles. The third kappa shape index (κ3) is 2.93. The molecule has 0 bridgehead atoms. The molecular weight excluding hydrogens is 336 g/mol. The van der Waals surface area contributed by atoms with E-state index >= 15 is 0 Å². The van der Waals surface area contributed by atoms with Crippen LogP contribution in [0.1, 0.15) is 17.5 Å². The number of methoxy groups -OCH3 is 2. The number of hydrazone groups is 1. The third-order valence-corrected chi connectivity index (χ3v) is 5.08. The van der Waals surface area contributed by atoms with Crippen LogP contribution in [0.3, 0.4) is 0 Å². The highest BCUT2D eigenvalue weighted by Crippen LogP contribution is 2.45. The monoisotopic (exact) mass is 358 g/mol. The van der Waals surface area contributed by atoms with Gasteiger partial charge in [-0.3, -0.25) is 5.01 Å². The van der Waals surface area contributed by atoms with Crippen molar-refractivity contribution < 1.29 is 9.47 Å². The summed E-state index contributed by atoms with van der Waals surface area (Å²) in [6, 6.07) is 26.8. The van der Waals surface area contributed by atoms with E-state index in [0.29, 0.717) is 0 Å². The van der Waals surface area contributed by atoms with Gasteiger partial charge in [0.05, 0.1) is 19.9 Å². The lowest BCUT2D eigenvalue weighted by atomic mass is 9.80. The van der Waals surface area contributed by atoms with Gasteiger partial charge >= 0.3 is 0 Å². The lowest BCUT2D eigenvalue weighted by Crippen LogP contribution is -2.41. The average molecular weight is 358 g/mol. The highest BCUT2D eigenvalue weighted by Gasteiger charge is 2.43. The molecule has 27 heavy (non-hydrogen) atoms. The molecule has 136 valence electrons. The summed E-state index contributed by atoms with van der Waals surface area (Å²) in [4.78, 5) is 0. The van der Waals surface area contributed by atoms with Crippen molar-refractivity contribution in [3.05, 3.63) is 90.0 Å². The predicted octanol–water partition coefficient (Wildman–Crippen LogP) is 4.84. The first-order valence-corrected chi connectivity index (χ1v) is 8.95. The Hall–Kier alpha value is -3.27. The molecule has 0 atom stereocenters. The molecule has 1 heterocycles. The van der Waals surface area contributed by atoms with Crippen LogP contribution in [0, 0.1) is 0 Å². The Labute approximate surface area is 159 Å². The average Bonchev–Trinajstić information content (AvgIpc) is 3.20. The highest BCUT2D eigenvalue weighted by atomic mass is 16.5. The smallest absolute Gasteiger partial charge is 0.118 e. The third-order valence-electron chi connectivity index (χ3n) is 5.08. The molecular formula is C23H22N2O2. The lowest BCUT2D eigenvalue weighted by molar-refractivity contribution is 0.413. The number of hydrogen-bond acceptors (Lipinski definition) is 4. The normalized spacial score (nSPS) is 15.0. The van der Waals surface area contributed by atoms with E-state index < -0.39 is 5.54 Å². The van der Waals surface area contributed by atoms with Gasteiger partial charge in [0.25, 0.3) is 0 Å². The Morgan fingerprint density at radius 2 is 1.26 bits per heavy atom. The van der Waals surface area contributed by atoms with Crippen LogP contribution in [0.4, 0.5) is 5.69 Å². The minimum atomic E-state index is -0.417. The van der Waals surface area contributed by atoms with E-state index in [0.717, 1.165) is 34.7 Å². The number of nitrogens with zero attached hydrogens (tertiary/aromatic N) is 2. The molecule has 0 fully saturated rings. The molecule has 0 saturated heterocycles. The van der Waals surface area contributed by atoms with E-state index in [1.807, 2.05) is 48.7 Å². The van der Waals surface area contributed by atoms with Crippen LogP contribution in [-0.2, 0) is 5.54 Å². The SMILES string of the molecule is COc1ccc(C2(c3ccc(OC)cc3)CC=NN2c2ccccc2)cc1. The van der Waals surface area contributed by atoms with Crippen molar-refractivity contribution in [3.63, 3.8) is 0 Å². The van der Waals surface area contributed by atoms with E-state index in [1.54, 1.807) is 14.2 Å². The Balaban J connectivity index is 1.88. The van der Waals surface area contributed by atoms with Crippen molar-refractivity contribution >= 4 is 11.9 Å². The van der Waals surface area contributed by atoms with Crippen LogP contribution < -0.4 is 14.5 Å². The van der Waals surface area contributed by atoms with E-state index in [4.69, 9.17) is 14.6 Å². The fourth-order valence-corrected chi connectivity index (χ4v) is 3.68. The van der Waals surface area contributed by atoms with Gasteiger partial charge in [-0.05, 0) is 47.5 Å². The van der Waals surface area contributed by atoms with E-state index in [-0.39, 0.29) is 0 Å². The number of benzene rings is 3. The first kappa shape index (κ1) is 17.2. The highest BCUT2D eigenvalue weighted by molar-refractivity contribution is 5.73. The molecule has 0 unspecified atom stereocenters. The molecule has 0 aliphatic carbocycles. The molecule has 0 N–H and O–H groups in total. The fraction of sp³-hybridized carbons (Fsp3) is 0.174. The van der Waals surface area contributed by atoms with Crippen LogP contribution in [0.5, 0.6) is 11.5 Å². The molecule has 4 rings (SSSR count). The maximum Gasteiger partial charge on any atom is 0.118 e. The lowest BCUT2D eigenvalue weighted by Gasteiger charge is -2.39. The van der Waals surface area contributed by atoms with Gasteiger partial charge in [0.1, 0.15) is 17.0 Å². The van der Waals surface area contributed by atoms with Crippen molar-refractivity contribution in [1.29, 1.82) is 0 Å². The second kappa shape index (κ2) is 7.16. The Morgan fingerprint density at radius 1 is 0.741 bits per heavy atom. The summed E-state index contributed by atoms with van der Waals surface area (Å²) in [5.74, 6) is 1.68. The maximum atomic E-state index is 5.35. The van der Waals surface area contributed by atoms with Crippen molar-refractivity contribution in [1.82, 2.24) is 0 Å². The van der Waals surface area contributed by atoms with Crippen LogP contribution in [-0.4, -0.2) is 20.4 Å². The number of para-hydroxylation sites is 1. The fourth-order valence-electron chi connectivity index (χ4n) is 3.68. The van der Waals surface area contributed by atoms with Gasteiger partial charge in [-0.2, -0.15) is 5.10 Å². The zero-order valence-electron chi connectivity index (χ0n) is 15.5. The molecule has 0 radical (unpaired) electrons. The summed E-state index contributed by atoms with van der Waals surface area (Å²) in [6.45, 7) is 0. The second-order valence-electron chi connectivity index (χ2n) is 6.47. The molecule has 0 aromatic heterocycles. The Kier molecular flexibility index (Phi) is 4.55. The van der Waals surface area contributed by atoms with Gasteiger partial charge in [0.2, 0.25) is 0 Å². The summed E-state index contributed by atoms with van der Waals surface area (Å²) in [7, 11) is 3.37. The molecule has 4 heteroatoms. The van der Waals surface area contributed by atoms with Crippen molar-refractivity contribution in [2.45, 2.75) is 12.0 Å². The first-order chi connectivity index (χ1) is 13.3. The van der Waals surface area contributed by atoms with Gasteiger partial charge in [-0.25, -0.2) is 0 Å². The standard InChI is InChI=1S/C23H22N2O2/c1-26-21-12-8-18(9-13-21)23(19-10-14-22(27-2)15-11-19)16-17-24-25(23)20-6-4-3-5-7-20/h3-15,17H,16H2,1-2H3. The van der Waals surface area contributed by atoms with Gasteiger partial charge in [0, 0.05) is 12.6 Å². The second-order valence-corrected chi connectivity index (χ2v) is 6.47. The number of anilines is 1. The van der Waals surface area contributed by atoms with Crippen molar-refractivity contribution in [3.8, 4) is 11.5 Å². The minimum Gasteiger partial charge on any atom is -0.497 e. The van der Waals surface area contributed by atoms with Gasteiger partial charge in [-0.1, -0.05) is 42.5 Å². The maximum absolute atomic E-state index is 5.35. The molecule has 3 aromatic rings. The van der Waals surface area contributed by atoms with Gasteiger partial charge in [0.15, 0.2) is 0 Å². The number of ether oxygens (including phenoxy) is 2. The van der Waals surface area contributed by atoms with Gasteiger partial charge in [-0.15, -0.1) is 0 Å². The molecule has 1 aliphatic rings. The summed E-state index contributed by atoms with van der Waals surface area (Å²) in [5.41, 5.74) is 2.96. The molecule has 4 nitrogen and oxygen atoms in total.